The molecule has 0 saturated heterocycles. The van der Waals surface area contributed by atoms with E-state index in [1.54, 1.807) is 38.1 Å². The Bertz CT molecular complexity index is 485. The summed E-state index contributed by atoms with van der Waals surface area (Å²) in [4.78, 5) is 26.6. The Morgan fingerprint density at radius 3 is 2.33 bits per heavy atom. The average Bonchev–Trinajstić information content (AvgIpc) is 2.44. The van der Waals surface area contributed by atoms with Gasteiger partial charge in [0, 0.05) is 20.1 Å². The van der Waals surface area contributed by atoms with Crippen LogP contribution >= 0.6 is 0 Å². The maximum atomic E-state index is 11.8. The minimum atomic E-state index is -0.318. The van der Waals surface area contributed by atoms with Crippen molar-refractivity contribution in [2.75, 3.05) is 32.1 Å². The van der Waals surface area contributed by atoms with Gasteiger partial charge in [-0.2, -0.15) is 0 Å². The van der Waals surface area contributed by atoms with Crippen LogP contribution in [0.5, 0.6) is 0 Å². The van der Waals surface area contributed by atoms with E-state index >= 15 is 0 Å². The molecule has 0 aliphatic carbocycles. The first-order valence-electron chi connectivity index (χ1n) is 6.84. The normalized spacial score (nSPS) is 10.4. The van der Waals surface area contributed by atoms with E-state index in [4.69, 9.17) is 4.74 Å². The van der Waals surface area contributed by atoms with Crippen molar-refractivity contribution in [2.24, 2.45) is 0 Å². The molecule has 0 radical (unpaired) electrons. The van der Waals surface area contributed by atoms with Crippen molar-refractivity contribution in [1.82, 2.24) is 15.1 Å². The van der Waals surface area contributed by atoms with Crippen LogP contribution in [-0.4, -0.2) is 60.3 Å². The summed E-state index contributed by atoms with van der Waals surface area (Å²) >= 11 is 0. The Labute approximate surface area is 124 Å². The van der Waals surface area contributed by atoms with E-state index in [1.165, 1.54) is 4.90 Å². The molecular formula is C14H22N4O3. The van der Waals surface area contributed by atoms with Crippen molar-refractivity contribution in [3.63, 3.8) is 0 Å². The molecule has 7 nitrogen and oxygen atoms in total. The minimum Gasteiger partial charge on any atom is -0.465 e. The molecular weight excluding hydrogens is 272 g/mol. The van der Waals surface area contributed by atoms with Crippen molar-refractivity contribution in [1.29, 1.82) is 0 Å². The molecule has 7 heteroatoms. The van der Waals surface area contributed by atoms with Gasteiger partial charge in [-0.3, -0.25) is 9.59 Å². The predicted molar refractivity (Wildman–Crippen MR) is 79.2 cm³/mol. The van der Waals surface area contributed by atoms with E-state index in [-0.39, 0.29) is 30.2 Å². The fourth-order valence-corrected chi connectivity index (χ4v) is 1.70. The van der Waals surface area contributed by atoms with Gasteiger partial charge >= 0.3 is 5.97 Å². The Balaban J connectivity index is 2.89. The van der Waals surface area contributed by atoms with Crippen LogP contribution in [0.2, 0.25) is 0 Å². The van der Waals surface area contributed by atoms with Crippen LogP contribution in [0, 0.1) is 0 Å². The maximum Gasteiger partial charge on any atom is 0.325 e. The number of hydrogen-bond acceptors (Lipinski definition) is 6. The highest BCUT2D eigenvalue weighted by atomic mass is 16.5. The lowest BCUT2D eigenvalue weighted by molar-refractivity contribution is -0.141. The van der Waals surface area contributed by atoms with Gasteiger partial charge in [0.25, 0.3) is 5.91 Å². The predicted octanol–water partition coefficient (Wildman–Crippen LogP) is 0.956. The number of esters is 1. The summed E-state index contributed by atoms with van der Waals surface area (Å²) in [6.45, 7) is 6.09. The number of aromatic nitrogens is 2. The van der Waals surface area contributed by atoms with E-state index in [0.717, 1.165) is 0 Å². The van der Waals surface area contributed by atoms with Crippen LogP contribution in [-0.2, 0) is 9.53 Å². The molecule has 0 N–H and O–H groups in total. The van der Waals surface area contributed by atoms with Gasteiger partial charge in [-0.25, -0.2) is 0 Å². The Morgan fingerprint density at radius 2 is 1.90 bits per heavy atom. The van der Waals surface area contributed by atoms with Crippen LogP contribution in [0.15, 0.2) is 12.1 Å². The highest BCUT2D eigenvalue weighted by Crippen LogP contribution is 2.13. The zero-order valence-corrected chi connectivity index (χ0v) is 13.2. The van der Waals surface area contributed by atoms with Crippen LogP contribution in [0.25, 0.3) is 0 Å². The topological polar surface area (TPSA) is 75.6 Å². The van der Waals surface area contributed by atoms with Crippen LogP contribution < -0.4 is 4.90 Å². The van der Waals surface area contributed by atoms with E-state index in [0.29, 0.717) is 12.4 Å². The molecule has 0 saturated carbocycles. The zero-order valence-electron chi connectivity index (χ0n) is 13.2. The molecule has 0 aromatic carbocycles. The summed E-state index contributed by atoms with van der Waals surface area (Å²) in [7, 11) is 3.30. The third-order valence-electron chi connectivity index (χ3n) is 2.80. The third kappa shape index (κ3) is 4.70. The summed E-state index contributed by atoms with van der Waals surface area (Å²) in [5, 5.41) is 7.96. The second-order valence-corrected chi connectivity index (χ2v) is 5.00. The molecule has 1 heterocycles. The van der Waals surface area contributed by atoms with Crippen LogP contribution in [0.3, 0.4) is 0 Å². The molecule has 116 valence electrons. The fraction of sp³-hybridized carbons (Fsp3) is 0.571. The first-order valence-corrected chi connectivity index (χ1v) is 6.84. The minimum absolute atomic E-state index is 0.0547. The number of carbonyl (C=O) groups excluding carboxylic acids is 2. The van der Waals surface area contributed by atoms with E-state index in [2.05, 4.69) is 10.2 Å². The largest absolute Gasteiger partial charge is 0.465 e. The van der Waals surface area contributed by atoms with Gasteiger partial charge in [-0.05, 0) is 32.9 Å². The first kappa shape index (κ1) is 16.9. The molecule has 1 rings (SSSR count). The SMILES string of the molecule is CCOC(=O)CN(c1ccc(C(=O)N(C)C)nn1)C(C)C. The second kappa shape index (κ2) is 7.56. The van der Waals surface area contributed by atoms with Gasteiger partial charge in [0.2, 0.25) is 0 Å². The quantitative estimate of drug-likeness (QED) is 0.727. The van der Waals surface area contributed by atoms with E-state index in [1.807, 2.05) is 13.8 Å². The van der Waals surface area contributed by atoms with Crippen molar-refractivity contribution < 1.29 is 14.3 Å². The molecule has 0 aliphatic rings. The number of rotatable bonds is 6. The van der Waals surface area contributed by atoms with Crippen molar-refractivity contribution >= 4 is 17.7 Å². The standard InChI is InChI=1S/C14H22N4O3/c1-6-21-13(19)9-18(10(2)3)12-8-7-11(15-16-12)14(20)17(4)5/h7-8,10H,6,9H2,1-5H3. The molecule has 1 amide bonds. The lowest BCUT2D eigenvalue weighted by atomic mass is 10.3. The number of nitrogens with zero attached hydrogens (tertiary/aromatic N) is 4. The number of carbonyl (C=O) groups is 2. The highest BCUT2D eigenvalue weighted by molar-refractivity contribution is 5.91. The van der Waals surface area contributed by atoms with Crippen molar-refractivity contribution in [3.8, 4) is 0 Å². The van der Waals surface area contributed by atoms with Gasteiger partial charge < -0.3 is 14.5 Å². The van der Waals surface area contributed by atoms with E-state index < -0.39 is 0 Å². The maximum absolute atomic E-state index is 11.8. The van der Waals surface area contributed by atoms with Crippen LogP contribution in [0.4, 0.5) is 5.82 Å². The lowest BCUT2D eigenvalue weighted by Crippen LogP contribution is -2.37. The molecule has 0 fully saturated rings. The monoisotopic (exact) mass is 294 g/mol. The molecule has 0 bridgehead atoms. The smallest absolute Gasteiger partial charge is 0.325 e. The van der Waals surface area contributed by atoms with E-state index in [9.17, 15) is 9.59 Å². The summed E-state index contributed by atoms with van der Waals surface area (Å²) < 4.78 is 4.95. The second-order valence-electron chi connectivity index (χ2n) is 5.00. The molecule has 21 heavy (non-hydrogen) atoms. The van der Waals surface area contributed by atoms with Gasteiger partial charge in [0.1, 0.15) is 6.54 Å². The third-order valence-corrected chi connectivity index (χ3v) is 2.80. The zero-order chi connectivity index (χ0) is 16.0. The average molecular weight is 294 g/mol. The van der Waals surface area contributed by atoms with Gasteiger partial charge in [-0.1, -0.05) is 0 Å². The fourth-order valence-electron chi connectivity index (χ4n) is 1.70. The highest BCUT2D eigenvalue weighted by Gasteiger charge is 2.18. The Morgan fingerprint density at radius 1 is 1.24 bits per heavy atom. The molecule has 0 aliphatic heterocycles. The first-order chi connectivity index (χ1) is 9.86. The molecule has 1 aromatic rings. The summed E-state index contributed by atoms with van der Waals surface area (Å²) in [5.41, 5.74) is 0.267. The molecule has 1 aromatic heterocycles. The Kier molecular flexibility index (Phi) is 6.08. The van der Waals surface area contributed by atoms with Crippen LogP contribution in [0.1, 0.15) is 31.3 Å². The molecule has 0 spiro atoms. The van der Waals surface area contributed by atoms with Crippen molar-refractivity contribution in [3.05, 3.63) is 17.8 Å². The lowest BCUT2D eigenvalue weighted by Gasteiger charge is -2.26. The summed E-state index contributed by atoms with van der Waals surface area (Å²) in [6.07, 6.45) is 0. The molecule has 0 unspecified atom stereocenters. The van der Waals surface area contributed by atoms with Gasteiger partial charge in [0.05, 0.1) is 6.61 Å². The summed E-state index contributed by atoms with van der Waals surface area (Å²) in [6, 6.07) is 3.34. The number of hydrogen-bond donors (Lipinski definition) is 0. The van der Waals surface area contributed by atoms with Crippen molar-refractivity contribution in [2.45, 2.75) is 26.8 Å². The number of amides is 1. The summed E-state index contributed by atoms with van der Waals surface area (Å²) in [5.74, 6) is 0.00495. The number of ether oxygens (including phenoxy) is 1. The number of anilines is 1. The molecule has 0 atom stereocenters. The van der Waals surface area contributed by atoms with Gasteiger partial charge in [0.15, 0.2) is 11.5 Å². The Hall–Kier alpha value is -2.18. The van der Waals surface area contributed by atoms with Gasteiger partial charge in [-0.15, -0.1) is 10.2 Å².